The zero-order chi connectivity index (χ0) is 18.5. The highest BCUT2D eigenvalue weighted by molar-refractivity contribution is 5.46. The summed E-state index contributed by atoms with van der Waals surface area (Å²) in [5, 5.41) is 0. The Hall–Kier alpha value is -2.59. The monoisotopic (exact) mass is 360 g/mol. The average Bonchev–Trinajstić information content (AvgIpc) is 3.16. The summed E-state index contributed by atoms with van der Waals surface area (Å²) in [5.74, 6) is 0. The third-order valence-electron chi connectivity index (χ3n) is 5.61. The van der Waals surface area contributed by atoms with Crippen LogP contribution in [0, 0.1) is 0 Å². The Bertz CT molecular complexity index is 820. The van der Waals surface area contributed by atoms with Gasteiger partial charge in [0, 0.05) is 44.1 Å². The summed E-state index contributed by atoms with van der Waals surface area (Å²) in [6, 6.07) is 22.0. The van der Waals surface area contributed by atoms with Crippen molar-refractivity contribution in [3.63, 3.8) is 0 Å². The maximum atomic E-state index is 4.40. The van der Waals surface area contributed by atoms with Gasteiger partial charge in [-0.05, 0) is 37.6 Å². The number of piperidine rings is 1. The third-order valence-corrected chi connectivity index (χ3v) is 5.61. The first kappa shape index (κ1) is 17.8. The van der Waals surface area contributed by atoms with Gasteiger partial charge in [-0.15, -0.1) is 0 Å². The second kappa shape index (κ2) is 8.40. The van der Waals surface area contributed by atoms with Gasteiger partial charge in [0.25, 0.3) is 0 Å². The quantitative estimate of drug-likeness (QED) is 0.663. The molecule has 0 amide bonds. The van der Waals surface area contributed by atoms with Crippen LogP contribution in [0.25, 0.3) is 0 Å². The second-order valence-corrected chi connectivity index (χ2v) is 7.47. The highest BCUT2D eigenvalue weighted by atomic mass is 15.2. The first-order chi connectivity index (χ1) is 13.3. The molecule has 4 nitrogen and oxygen atoms in total. The molecule has 3 aromatic rings. The SMILES string of the molecule is CN(Cc1cncn1Cc1ccccc1)C1CCN(c2ccccc2)CC1. The molecule has 1 saturated heterocycles. The summed E-state index contributed by atoms with van der Waals surface area (Å²) in [6.07, 6.45) is 6.38. The molecule has 0 aliphatic carbocycles. The Labute approximate surface area is 162 Å². The largest absolute Gasteiger partial charge is 0.371 e. The number of anilines is 1. The topological polar surface area (TPSA) is 24.3 Å². The van der Waals surface area contributed by atoms with Crippen LogP contribution in [0.15, 0.2) is 73.2 Å². The van der Waals surface area contributed by atoms with Gasteiger partial charge in [0.1, 0.15) is 0 Å². The Kier molecular flexibility index (Phi) is 5.54. The number of benzene rings is 2. The molecule has 0 N–H and O–H groups in total. The van der Waals surface area contributed by atoms with E-state index >= 15 is 0 Å². The van der Waals surface area contributed by atoms with E-state index in [0.717, 1.165) is 26.2 Å². The minimum Gasteiger partial charge on any atom is -0.371 e. The number of hydrogen-bond donors (Lipinski definition) is 0. The van der Waals surface area contributed by atoms with Gasteiger partial charge in [0.2, 0.25) is 0 Å². The van der Waals surface area contributed by atoms with Crippen molar-refractivity contribution in [2.24, 2.45) is 0 Å². The molecule has 27 heavy (non-hydrogen) atoms. The van der Waals surface area contributed by atoms with Gasteiger partial charge in [-0.2, -0.15) is 0 Å². The third kappa shape index (κ3) is 4.40. The Morgan fingerprint density at radius 1 is 0.963 bits per heavy atom. The molecular weight excluding hydrogens is 332 g/mol. The molecule has 2 aromatic carbocycles. The highest BCUT2D eigenvalue weighted by Crippen LogP contribution is 2.22. The Morgan fingerprint density at radius 2 is 1.63 bits per heavy atom. The van der Waals surface area contributed by atoms with Crippen molar-refractivity contribution in [2.75, 3.05) is 25.0 Å². The number of rotatable bonds is 6. The lowest BCUT2D eigenvalue weighted by Crippen LogP contribution is -2.43. The summed E-state index contributed by atoms with van der Waals surface area (Å²) >= 11 is 0. The lowest BCUT2D eigenvalue weighted by atomic mass is 10.0. The molecule has 4 heteroatoms. The molecule has 1 aliphatic rings. The number of hydrogen-bond acceptors (Lipinski definition) is 3. The molecule has 1 aromatic heterocycles. The minimum absolute atomic E-state index is 0.630. The van der Waals surface area contributed by atoms with Crippen LogP contribution >= 0.6 is 0 Å². The van der Waals surface area contributed by atoms with Crippen molar-refractivity contribution < 1.29 is 0 Å². The van der Waals surface area contributed by atoms with Crippen molar-refractivity contribution in [1.29, 1.82) is 0 Å². The van der Waals surface area contributed by atoms with Crippen LogP contribution in [0.2, 0.25) is 0 Å². The normalized spacial score (nSPS) is 15.4. The van der Waals surface area contributed by atoms with Crippen LogP contribution in [-0.4, -0.2) is 40.6 Å². The van der Waals surface area contributed by atoms with Gasteiger partial charge in [-0.1, -0.05) is 48.5 Å². The van der Waals surface area contributed by atoms with Crippen molar-refractivity contribution in [2.45, 2.75) is 32.0 Å². The van der Waals surface area contributed by atoms with Crippen LogP contribution in [0.3, 0.4) is 0 Å². The first-order valence-corrected chi connectivity index (χ1v) is 9.83. The smallest absolute Gasteiger partial charge is 0.0951 e. The minimum atomic E-state index is 0.630. The van der Waals surface area contributed by atoms with Crippen LogP contribution in [0.5, 0.6) is 0 Å². The van der Waals surface area contributed by atoms with E-state index in [1.807, 2.05) is 12.5 Å². The molecule has 1 fully saturated rings. The van der Waals surface area contributed by atoms with Crippen LogP contribution in [0.4, 0.5) is 5.69 Å². The van der Waals surface area contributed by atoms with Crippen molar-refractivity contribution in [3.8, 4) is 0 Å². The van der Waals surface area contributed by atoms with Gasteiger partial charge in [0.05, 0.1) is 12.0 Å². The molecule has 140 valence electrons. The molecule has 0 unspecified atom stereocenters. The fourth-order valence-electron chi connectivity index (χ4n) is 3.99. The molecule has 4 rings (SSSR count). The lowest BCUT2D eigenvalue weighted by molar-refractivity contribution is 0.196. The average molecular weight is 361 g/mol. The molecule has 2 heterocycles. The summed E-state index contributed by atoms with van der Waals surface area (Å²) in [5.41, 5.74) is 3.95. The van der Waals surface area contributed by atoms with Crippen LogP contribution < -0.4 is 4.90 Å². The van der Waals surface area contributed by atoms with Gasteiger partial charge in [-0.25, -0.2) is 4.98 Å². The molecule has 1 aliphatic heterocycles. The van der Waals surface area contributed by atoms with Gasteiger partial charge in [0.15, 0.2) is 0 Å². The summed E-state index contributed by atoms with van der Waals surface area (Å²) in [4.78, 5) is 9.40. The van der Waals surface area contributed by atoms with Crippen LogP contribution in [0.1, 0.15) is 24.1 Å². The Morgan fingerprint density at radius 3 is 2.33 bits per heavy atom. The van der Waals surface area contributed by atoms with E-state index in [9.17, 15) is 0 Å². The molecule has 0 atom stereocenters. The number of para-hydroxylation sites is 1. The van der Waals surface area contributed by atoms with E-state index in [-0.39, 0.29) is 0 Å². The predicted octanol–water partition coefficient (Wildman–Crippen LogP) is 4.03. The van der Waals surface area contributed by atoms with E-state index in [1.54, 1.807) is 0 Å². The summed E-state index contributed by atoms with van der Waals surface area (Å²) < 4.78 is 2.27. The van der Waals surface area contributed by atoms with Gasteiger partial charge < -0.3 is 9.47 Å². The molecule has 0 radical (unpaired) electrons. The molecule has 0 spiro atoms. The number of imidazole rings is 1. The van der Waals surface area contributed by atoms with Crippen LogP contribution in [-0.2, 0) is 13.1 Å². The highest BCUT2D eigenvalue weighted by Gasteiger charge is 2.23. The fourth-order valence-corrected chi connectivity index (χ4v) is 3.99. The maximum Gasteiger partial charge on any atom is 0.0951 e. The zero-order valence-corrected chi connectivity index (χ0v) is 16.0. The number of aromatic nitrogens is 2. The summed E-state index contributed by atoms with van der Waals surface area (Å²) in [7, 11) is 2.25. The van der Waals surface area contributed by atoms with E-state index < -0.39 is 0 Å². The zero-order valence-electron chi connectivity index (χ0n) is 16.0. The first-order valence-electron chi connectivity index (χ1n) is 9.83. The van der Waals surface area contributed by atoms with E-state index in [2.05, 4.69) is 87.1 Å². The van der Waals surface area contributed by atoms with Crippen molar-refractivity contribution in [3.05, 3.63) is 84.4 Å². The van der Waals surface area contributed by atoms with Gasteiger partial charge in [-0.3, -0.25) is 4.90 Å². The number of nitrogens with zero attached hydrogens (tertiary/aromatic N) is 4. The molecular formula is C23H28N4. The second-order valence-electron chi connectivity index (χ2n) is 7.47. The standard InChI is InChI=1S/C23H28N4/c1-25(21-12-14-26(15-13-21)22-10-6-3-7-11-22)18-23-16-24-19-27(23)17-20-8-4-2-5-9-20/h2-11,16,19,21H,12-15,17-18H2,1H3. The van der Waals surface area contributed by atoms with Crippen molar-refractivity contribution in [1.82, 2.24) is 14.5 Å². The Balaban J connectivity index is 1.34. The van der Waals surface area contributed by atoms with E-state index in [0.29, 0.717) is 6.04 Å². The van der Waals surface area contributed by atoms with Gasteiger partial charge >= 0.3 is 0 Å². The summed E-state index contributed by atoms with van der Waals surface area (Å²) in [6.45, 7) is 4.09. The molecule has 0 saturated carbocycles. The fraction of sp³-hybridized carbons (Fsp3) is 0.348. The predicted molar refractivity (Wildman–Crippen MR) is 111 cm³/mol. The maximum absolute atomic E-state index is 4.40. The van der Waals surface area contributed by atoms with Crippen molar-refractivity contribution >= 4 is 5.69 Å². The molecule has 0 bridgehead atoms. The van der Waals surface area contributed by atoms with E-state index in [4.69, 9.17) is 0 Å². The lowest BCUT2D eigenvalue weighted by Gasteiger charge is -2.38. The van der Waals surface area contributed by atoms with E-state index in [1.165, 1.54) is 29.8 Å².